The Morgan fingerprint density at radius 2 is 1.60 bits per heavy atom. The molecule has 4 aromatic carbocycles. The van der Waals surface area contributed by atoms with Crippen LogP contribution in [0.4, 0.5) is 14.5 Å². The van der Waals surface area contributed by atoms with Crippen LogP contribution in [0.1, 0.15) is 20.7 Å². The van der Waals surface area contributed by atoms with Gasteiger partial charge in [-0.25, -0.2) is 13.8 Å². The van der Waals surface area contributed by atoms with Crippen molar-refractivity contribution in [3.05, 3.63) is 95.6 Å². The van der Waals surface area contributed by atoms with E-state index in [-0.39, 0.29) is 34.4 Å². The standard InChI is InChI=1S/C34H28F2N4O4S/c1-37-32(41)29-24-16-23(26(40(4)45-5)17-28(24)43-31(29)18-9-11-22(35)12-10-18)19-13-20(15-21(14-19)34(42)39(2)3)33-38-30-25(36)7-6-8-27(30)44-33/h6-17H,1-5H3,(H,37,41). The molecule has 11 heteroatoms. The Kier molecular flexibility index (Phi) is 7.80. The number of nitrogens with zero attached hydrogens (tertiary/aromatic N) is 3. The van der Waals surface area contributed by atoms with E-state index in [0.29, 0.717) is 44.5 Å². The normalized spacial score (nSPS) is 11.3. The Morgan fingerprint density at radius 3 is 2.27 bits per heavy atom. The third kappa shape index (κ3) is 5.40. The molecule has 0 atom stereocenters. The number of fused-ring (bicyclic) bond motifs is 2. The number of rotatable bonds is 7. The van der Waals surface area contributed by atoms with Gasteiger partial charge in [0.2, 0.25) is 5.89 Å². The Morgan fingerprint density at radius 1 is 0.867 bits per heavy atom. The van der Waals surface area contributed by atoms with Crippen LogP contribution in [0.2, 0.25) is 0 Å². The molecule has 0 unspecified atom stereocenters. The van der Waals surface area contributed by atoms with Gasteiger partial charge in [-0.05, 0) is 66.2 Å². The van der Waals surface area contributed by atoms with E-state index >= 15 is 0 Å². The van der Waals surface area contributed by atoms with Crippen molar-refractivity contribution in [2.75, 3.05) is 38.8 Å². The maximum atomic E-state index is 14.5. The first-order valence-corrected chi connectivity index (χ1v) is 15.1. The van der Waals surface area contributed by atoms with Crippen LogP contribution in [0.15, 0.2) is 81.6 Å². The van der Waals surface area contributed by atoms with Gasteiger partial charge in [0.15, 0.2) is 11.4 Å². The fourth-order valence-corrected chi connectivity index (χ4v) is 5.55. The molecule has 6 aromatic rings. The van der Waals surface area contributed by atoms with Gasteiger partial charge in [0.05, 0.1) is 11.3 Å². The minimum absolute atomic E-state index is 0.0875. The van der Waals surface area contributed by atoms with E-state index < -0.39 is 11.6 Å². The molecule has 2 aromatic heterocycles. The molecular formula is C34H28F2N4O4S. The first-order valence-electron chi connectivity index (χ1n) is 13.9. The number of furan rings is 1. The van der Waals surface area contributed by atoms with Crippen LogP contribution in [0.25, 0.3) is 56.0 Å². The number of carbonyl (C=O) groups excluding carboxylic acids is 2. The Balaban J connectivity index is 1.64. The number of nitrogens with one attached hydrogen (secondary N) is 1. The lowest BCUT2D eigenvalue weighted by atomic mass is 9.95. The molecule has 6 rings (SSSR count). The molecule has 2 heterocycles. The van der Waals surface area contributed by atoms with Crippen LogP contribution in [0.5, 0.6) is 0 Å². The van der Waals surface area contributed by atoms with Crippen molar-refractivity contribution in [1.82, 2.24) is 15.2 Å². The summed E-state index contributed by atoms with van der Waals surface area (Å²) in [5.41, 5.74) is 4.52. The predicted octanol–water partition coefficient (Wildman–Crippen LogP) is 7.63. The van der Waals surface area contributed by atoms with Crippen LogP contribution in [-0.4, -0.2) is 56.1 Å². The molecule has 0 spiro atoms. The minimum atomic E-state index is -0.517. The summed E-state index contributed by atoms with van der Waals surface area (Å²) in [4.78, 5) is 32.4. The number of aromatic nitrogens is 1. The lowest BCUT2D eigenvalue weighted by Gasteiger charge is -2.21. The highest BCUT2D eigenvalue weighted by Gasteiger charge is 2.25. The van der Waals surface area contributed by atoms with Gasteiger partial charge in [-0.15, -0.1) is 0 Å². The average molecular weight is 627 g/mol. The van der Waals surface area contributed by atoms with Crippen LogP contribution < -0.4 is 9.62 Å². The molecule has 0 aliphatic rings. The van der Waals surface area contributed by atoms with E-state index in [4.69, 9.17) is 8.83 Å². The van der Waals surface area contributed by atoms with Crippen molar-refractivity contribution in [2.45, 2.75) is 0 Å². The molecule has 0 bridgehead atoms. The maximum Gasteiger partial charge on any atom is 0.255 e. The predicted molar refractivity (Wildman–Crippen MR) is 173 cm³/mol. The quantitative estimate of drug-likeness (QED) is 0.182. The summed E-state index contributed by atoms with van der Waals surface area (Å²) >= 11 is 1.46. The van der Waals surface area contributed by atoms with Crippen molar-refractivity contribution in [3.63, 3.8) is 0 Å². The molecule has 2 amide bonds. The summed E-state index contributed by atoms with van der Waals surface area (Å²) in [7, 11) is 6.72. The number of benzene rings is 4. The van der Waals surface area contributed by atoms with E-state index in [2.05, 4.69) is 10.3 Å². The number of halogens is 2. The molecule has 0 aliphatic carbocycles. The van der Waals surface area contributed by atoms with Gasteiger partial charge in [-0.1, -0.05) is 18.0 Å². The molecule has 45 heavy (non-hydrogen) atoms. The van der Waals surface area contributed by atoms with E-state index in [1.165, 1.54) is 42.1 Å². The van der Waals surface area contributed by atoms with Crippen LogP contribution in [0, 0.1) is 11.6 Å². The molecule has 8 nitrogen and oxygen atoms in total. The van der Waals surface area contributed by atoms with Crippen molar-refractivity contribution in [2.24, 2.45) is 0 Å². The minimum Gasteiger partial charge on any atom is -0.455 e. The van der Waals surface area contributed by atoms with Crippen LogP contribution in [-0.2, 0) is 0 Å². The summed E-state index contributed by atoms with van der Waals surface area (Å²) in [6, 6.07) is 19.1. The van der Waals surface area contributed by atoms with Crippen LogP contribution >= 0.6 is 11.9 Å². The maximum absolute atomic E-state index is 14.5. The topological polar surface area (TPSA) is 91.8 Å². The van der Waals surface area contributed by atoms with Crippen LogP contribution in [0.3, 0.4) is 0 Å². The third-order valence-corrected chi connectivity index (χ3v) is 8.24. The average Bonchev–Trinajstić information content (AvgIpc) is 3.66. The van der Waals surface area contributed by atoms with Crippen molar-refractivity contribution < 1.29 is 27.2 Å². The van der Waals surface area contributed by atoms with E-state index in [1.807, 2.05) is 35.8 Å². The number of carbonyl (C=O) groups is 2. The number of anilines is 1. The lowest BCUT2D eigenvalue weighted by molar-refractivity contribution is 0.0827. The third-order valence-electron chi connectivity index (χ3n) is 7.49. The van der Waals surface area contributed by atoms with Crippen molar-refractivity contribution in [1.29, 1.82) is 0 Å². The molecule has 228 valence electrons. The van der Waals surface area contributed by atoms with Gasteiger partial charge in [-0.2, -0.15) is 0 Å². The smallest absolute Gasteiger partial charge is 0.255 e. The van der Waals surface area contributed by atoms with E-state index in [0.717, 1.165) is 5.69 Å². The molecule has 0 radical (unpaired) electrons. The highest BCUT2D eigenvalue weighted by atomic mass is 32.2. The first kappa shape index (κ1) is 29.9. The Labute approximate surface area is 261 Å². The van der Waals surface area contributed by atoms with E-state index in [1.54, 1.807) is 50.5 Å². The number of hydrogen-bond acceptors (Lipinski definition) is 7. The molecular weight excluding hydrogens is 598 g/mol. The SMILES string of the molecule is CNC(=O)c1c(-c2ccc(F)cc2)oc2cc(N(C)SC)c(-c3cc(C(=O)N(C)C)cc(-c4nc5c(F)cccc5o4)c3)cc12. The monoisotopic (exact) mass is 626 g/mol. The van der Waals surface area contributed by atoms with Gasteiger partial charge < -0.3 is 23.4 Å². The van der Waals surface area contributed by atoms with Gasteiger partial charge >= 0.3 is 0 Å². The molecule has 0 fully saturated rings. The zero-order valence-electron chi connectivity index (χ0n) is 25.1. The summed E-state index contributed by atoms with van der Waals surface area (Å²) < 4.78 is 42.4. The second-order valence-corrected chi connectivity index (χ2v) is 11.5. The Bertz CT molecular complexity index is 2100. The second kappa shape index (κ2) is 11.7. The number of oxazole rings is 1. The first-order chi connectivity index (χ1) is 21.6. The number of para-hydroxylation sites is 1. The Hall–Kier alpha value is -5.16. The largest absolute Gasteiger partial charge is 0.455 e. The summed E-state index contributed by atoms with van der Waals surface area (Å²) in [6.07, 6.45) is 1.92. The lowest BCUT2D eigenvalue weighted by Crippen LogP contribution is -2.21. The van der Waals surface area contributed by atoms with Gasteiger partial charge in [0, 0.05) is 68.2 Å². The molecule has 0 aliphatic heterocycles. The molecule has 1 N–H and O–H groups in total. The van der Waals surface area contributed by atoms with Gasteiger partial charge in [-0.3, -0.25) is 9.59 Å². The van der Waals surface area contributed by atoms with E-state index in [9.17, 15) is 18.4 Å². The molecule has 0 saturated carbocycles. The van der Waals surface area contributed by atoms with Crippen molar-refractivity contribution in [3.8, 4) is 33.9 Å². The van der Waals surface area contributed by atoms with Crippen molar-refractivity contribution >= 4 is 51.5 Å². The zero-order chi connectivity index (χ0) is 32.0. The number of amides is 2. The summed E-state index contributed by atoms with van der Waals surface area (Å²) in [6.45, 7) is 0. The fraction of sp³-hybridized carbons (Fsp3) is 0.147. The second-order valence-electron chi connectivity index (χ2n) is 10.5. The van der Waals surface area contributed by atoms with Gasteiger partial charge in [0.25, 0.3) is 11.8 Å². The molecule has 0 saturated heterocycles. The fourth-order valence-electron chi connectivity index (χ4n) is 5.20. The highest BCUT2D eigenvalue weighted by molar-refractivity contribution is 7.99. The highest BCUT2D eigenvalue weighted by Crippen LogP contribution is 2.43. The summed E-state index contributed by atoms with van der Waals surface area (Å²) in [5.74, 6) is -1.11. The summed E-state index contributed by atoms with van der Waals surface area (Å²) in [5, 5.41) is 3.21. The zero-order valence-corrected chi connectivity index (χ0v) is 25.9. The van der Waals surface area contributed by atoms with Gasteiger partial charge in [0.1, 0.15) is 22.7 Å². The number of hydrogen-bond donors (Lipinski definition) is 1.